The molecule has 0 saturated heterocycles. The fourth-order valence-corrected chi connectivity index (χ4v) is 1.71. The highest BCUT2D eigenvalue weighted by Crippen LogP contribution is 2.23. The minimum atomic E-state index is -0.706. The lowest BCUT2D eigenvalue weighted by atomic mass is 10.1. The quantitative estimate of drug-likeness (QED) is 0.885. The fraction of sp³-hybridized carbons (Fsp3) is 0.500. The van der Waals surface area contributed by atoms with Crippen LogP contribution in [0.3, 0.4) is 0 Å². The molecule has 1 rings (SSSR count). The number of anilines is 1. The van der Waals surface area contributed by atoms with Crippen molar-refractivity contribution in [3.63, 3.8) is 0 Å². The first-order valence-corrected chi connectivity index (χ1v) is 6.29. The van der Waals surface area contributed by atoms with Crippen LogP contribution in [0.5, 0.6) is 0 Å². The Morgan fingerprint density at radius 2 is 2.05 bits per heavy atom. The van der Waals surface area contributed by atoms with Crippen molar-refractivity contribution in [2.75, 3.05) is 32.1 Å². The number of carbonyl (C=O) groups is 1. The Bertz CT molecular complexity index is 447. The van der Waals surface area contributed by atoms with Crippen LogP contribution < -0.4 is 4.90 Å². The lowest BCUT2D eigenvalue weighted by molar-refractivity contribution is -0.127. The average Bonchev–Trinajstić information content (AvgIpc) is 2.35. The van der Waals surface area contributed by atoms with Gasteiger partial charge in [-0.05, 0) is 31.5 Å². The molecule has 1 aromatic carbocycles. The molecule has 0 aromatic heterocycles. The second kappa shape index (κ2) is 6.52. The number of nitrogens with zero attached hydrogens (tertiary/aromatic N) is 2. The molecule has 1 aromatic rings. The number of likely N-dealkylation sites (N-methyl/N-ethyl adjacent to an activating group) is 2. The van der Waals surface area contributed by atoms with Crippen molar-refractivity contribution in [1.82, 2.24) is 4.90 Å². The molecule has 106 valence electrons. The van der Waals surface area contributed by atoms with Crippen molar-refractivity contribution in [2.45, 2.75) is 20.0 Å². The maximum atomic E-state index is 14.0. The maximum Gasteiger partial charge on any atom is 0.241 e. The summed E-state index contributed by atoms with van der Waals surface area (Å²) in [7, 11) is 3.34. The molecule has 0 bridgehead atoms. The van der Waals surface area contributed by atoms with Crippen molar-refractivity contribution in [1.29, 1.82) is 0 Å². The second-order valence-corrected chi connectivity index (χ2v) is 4.69. The third-order valence-electron chi connectivity index (χ3n) is 3.00. The van der Waals surface area contributed by atoms with Crippen LogP contribution in [-0.4, -0.2) is 43.1 Å². The first kappa shape index (κ1) is 15.4. The zero-order chi connectivity index (χ0) is 14.6. The molecule has 0 aliphatic carbocycles. The summed E-state index contributed by atoms with van der Waals surface area (Å²) >= 11 is 0. The third-order valence-corrected chi connectivity index (χ3v) is 3.00. The molecule has 0 heterocycles. The van der Waals surface area contributed by atoms with E-state index in [4.69, 9.17) is 0 Å². The standard InChI is InChI=1S/C14H21FN2O2/c1-5-17(9-14(19)16(3)4)13-7-6-11(10(2)18)8-12(13)15/h6-8,10,18H,5,9H2,1-4H3/t10-/m1/s1. The van der Waals surface area contributed by atoms with Crippen LogP contribution in [-0.2, 0) is 4.79 Å². The normalized spacial score (nSPS) is 12.1. The number of aliphatic hydroxyl groups is 1. The highest BCUT2D eigenvalue weighted by Gasteiger charge is 2.16. The SMILES string of the molecule is CCN(CC(=O)N(C)C)c1ccc([C@@H](C)O)cc1F. The van der Waals surface area contributed by atoms with Gasteiger partial charge in [0.05, 0.1) is 18.3 Å². The smallest absolute Gasteiger partial charge is 0.241 e. The lowest BCUT2D eigenvalue weighted by Gasteiger charge is -2.25. The van der Waals surface area contributed by atoms with Crippen LogP contribution in [0.15, 0.2) is 18.2 Å². The number of carbonyl (C=O) groups excluding carboxylic acids is 1. The van der Waals surface area contributed by atoms with E-state index in [1.165, 1.54) is 11.0 Å². The Balaban J connectivity index is 2.96. The summed E-state index contributed by atoms with van der Waals surface area (Å²) in [6.45, 7) is 4.12. The van der Waals surface area contributed by atoms with Gasteiger partial charge in [0, 0.05) is 20.6 Å². The summed E-state index contributed by atoms with van der Waals surface area (Å²) in [4.78, 5) is 14.8. The molecule has 0 fully saturated rings. The van der Waals surface area contributed by atoms with Crippen LogP contribution in [0.2, 0.25) is 0 Å². The molecule has 19 heavy (non-hydrogen) atoms. The zero-order valence-electron chi connectivity index (χ0n) is 11.9. The van der Waals surface area contributed by atoms with Gasteiger partial charge in [-0.1, -0.05) is 6.07 Å². The van der Waals surface area contributed by atoms with Crippen LogP contribution in [0.25, 0.3) is 0 Å². The molecule has 0 aliphatic rings. The third kappa shape index (κ3) is 3.92. The Morgan fingerprint density at radius 1 is 1.42 bits per heavy atom. The van der Waals surface area contributed by atoms with Gasteiger partial charge in [0.2, 0.25) is 5.91 Å². The largest absolute Gasteiger partial charge is 0.389 e. The van der Waals surface area contributed by atoms with Crippen molar-refractivity contribution in [3.8, 4) is 0 Å². The second-order valence-electron chi connectivity index (χ2n) is 4.69. The highest BCUT2D eigenvalue weighted by atomic mass is 19.1. The van der Waals surface area contributed by atoms with E-state index < -0.39 is 11.9 Å². The number of halogens is 1. The van der Waals surface area contributed by atoms with Crippen LogP contribution >= 0.6 is 0 Å². The molecule has 0 unspecified atom stereocenters. The van der Waals surface area contributed by atoms with E-state index in [-0.39, 0.29) is 12.5 Å². The fourth-order valence-electron chi connectivity index (χ4n) is 1.71. The highest BCUT2D eigenvalue weighted by molar-refractivity contribution is 5.81. The molecule has 0 saturated carbocycles. The monoisotopic (exact) mass is 268 g/mol. The predicted octanol–water partition coefficient (Wildman–Crippen LogP) is 1.79. The minimum absolute atomic E-state index is 0.0825. The molecule has 1 atom stereocenters. The first-order chi connectivity index (χ1) is 8.86. The van der Waals surface area contributed by atoms with Crippen LogP contribution in [0.4, 0.5) is 10.1 Å². The van der Waals surface area contributed by atoms with Gasteiger partial charge < -0.3 is 14.9 Å². The Hall–Kier alpha value is -1.62. The van der Waals surface area contributed by atoms with Gasteiger partial charge in [0.25, 0.3) is 0 Å². The van der Waals surface area contributed by atoms with Gasteiger partial charge in [-0.15, -0.1) is 0 Å². The molecule has 4 nitrogen and oxygen atoms in total. The van der Waals surface area contributed by atoms with Gasteiger partial charge in [0.15, 0.2) is 0 Å². The molecule has 1 N–H and O–H groups in total. The van der Waals surface area contributed by atoms with E-state index in [2.05, 4.69) is 0 Å². The van der Waals surface area contributed by atoms with Crippen molar-refractivity contribution < 1.29 is 14.3 Å². The number of hydrogen-bond acceptors (Lipinski definition) is 3. The molecule has 0 spiro atoms. The van der Waals surface area contributed by atoms with Crippen LogP contribution in [0, 0.1) is 5.82 Å². The van der Waals surface area contributed by atoms with Crippen molar-refractivity contribution in [2.24, 2.45) is 0 Å². The van der Waals surface area contributed by atoms with Crippen molar-refractivity contribution in [3.05, 3.63) is 29.6 Å². The molecule has 1 amide bonds. The first-order valence-electron chi connectivity index (χ1n) is 6.29. The topological polar surface area (TPSA) is 43.8 Å². The number of rotatable bonds is 5. The Labute approximate surface area is 113 Å². The summed E-state index contributed by atoms with van der Waals surface area (Å²) in [5, 5.41) is 9.41. The maximum absolute atomic E-state index is 14.0. The number of aliphatic hydroxyl groups excluding tert-OH is 1. The van der Waals surface area contributed by atoms with E-state index in [9.17, 15) is 14.3 Å². The van der Waals surface area contributed by atoms with Gasteiger partial charge in [0.1, 0.15) is 5.82 Å². The Kier molecular flexibility index (Phi) is 5.30. The predicted molar refractivity (Wildman–Crippen MR) is 73.6 cm³/mol. The Morgan fingerprint density at radius 3 is 2.47 bits per heavy atom. The van der Waals surface area contributed by atoms with Crippen LogP contribution in [0.1, 0.15) is 25.5 Å². The molecular weight excluding hydrogens is 247 g/mol. The molecule has 0 radical (unpaired) electrons. The molecule has 0 aliphatic heterocycles. The molecule has 5 heteroatoms. The average molecular weight is 268 g/mol. The van der Waals surface area contributed by atoms with E-state index in [1.807, 2.05) is 6.92 Å². The molecular formula is C14H21FN2O2. The van der Waals surface area contributed by atoms with Gasteiger partial charge in [-0.25, -0.2) is 4.39 Å². The minimum Gasteiger partial charge on any atom is -0.389 e. The zero-order valence-corrected chi connectivity index (χ0v) is 11.9. The van der Waals surface area contributed by atoms with E-state index in [1.54, 1.807) is 38.1 Å². The van der Waals surface area contributed by atoms with Gasteiger partial charge >= 0.3 is 0 Å². The van der Waals surface area contributed by atoms with Gasteiger partial charge in [-0.3, -0.25) is 4.79 Å². The number of hydrogen-bond donors (Lipinski definition) is 1. The van der Waals surface area contributed by atoms with E-state index in [0.29, 0.717) is 17.8 Å². The summed E-state index contributed by atoms with van der Waals surface area (Å²) < 4.78 is 14.0. The summed E-state index contributed by atoms with van der Waals surface area (Å²) in [6.07, 6.45) is -0.706. The summed E-state index contributed by atoms with van der Waals surface area (Å²) in [6, 6.07) is 4.58. The number of amides is 1. The summed E-state index contributed by atoms with van der Waals surface area (Å²) in [5.74, 6) is -0.507. The lowest BCUT2D eigenvalue weighted by Crippen LogP contribution is -2.37. The summed E-state index contributed by atoms with van der Waals surface area (Å²) in [5.41, 5.74) is 0.901. The van der Waals surface area contributed by atoms with E-state index >= 15 is 0 Å². The number of benzene rings is 1. The van der Waals surface area contributed by atoms with Crippen molar-refractivity contribution >= 4 is 11.6 Å². The van der Waals surface area contributed by atoms with Gasteiger partial charge in [-0.2, -0.15) is 0 Å². The van der Waals surface area contributed by atoms with E-state index in [0.717, 1.165) is 0 Å².